The summed E-state index contributed by atoms with van der Waals surface area (Å²) in [5.74, 6) is 0.775. The van der Waals surface area contributed by atoms with Gasteiger partial charge in [0.1, 0.15) is 11.6 Å². The number of aromatic nitrogens is 1. The maximum atomic E-state index is 13.5. The van der Waals surface area contributed by atoms with E-state index in [2.05, 4.69) is 44.8 Å². The van der Waals surface area contributed by atoms with Crippen LogP contribution in [0.4, 0.5) is 15.9 Å². The van der Waals surface area contributed by atoms with Crippen molar-refractivity contribution in [1.29, 1.82) is 0 Å². The Hall–Kier alpha value is -2.99. The minimum atomic E-state index is -0.191. The van der Waals surface area contributed by atoms with Gasteiger partial charge in [-0.15, -0.1) is 0 Å². The summed E-state index contributed by atoms with van der Waals surface area (Å²) < 4.78 is 13.5. The quantitative estimate of drug-likeness (QED) is 0.462. The Kier molecular flexibility index (Phi) is 6.27. The third-order valence-corrected chi connectivity index (χ3v) is 7.27. The summed E-state index contributed by atoms with van der Waals surface area (Å²) in [5, 5.41) is 7.29. The fourth-order valence-electron chi connectivity index (χ4n) is 5.17. The van der Waals surface area contributed by atoms with Crippen LogP contribution in [-0.4, -0.2) is 16.6 Å². The first-order chi connectivity index (χ1) is 16.1. The van der Waals surface area contributed by atoms with Crippen LogP contribution < -0.4 is 15.5 Å². The highest BCUT2D eigenvalue weighted by molar-refractivity contribution is 7.80. The van der Waals surface area contributed by atoms with Crippen molar-refractivity contribution >= 4 is 28.8 Å². The number of rotatable bonds is 5. The minimum absolute atomic E-state index is 0.00937. The van der Waals surface area contributed by atoms with Gasteiger partial charge < -0.3 is 15.5 Å². The van der Waals surface area contributed by atoms with Gasteiger partial charge >= 0.3 is 0 Å². The lowest BCUT2D eigenvalue weighted by atomic mass is 9.69. The average Bonchev–Trinajstić information content (AvgIpc) is 3.29. The van der Waals surface area contributed by atoms with Gasteiger partial charge in [0.2, 0.25) is 0 Å². The molecule has 0 saturated heterocycles. The number of fused-ring (bicyclic) bond motifs is 1. The average molecular weight is 461 g/mol. The van der Waals surface area contributed by atoms with E-state index in [1.54, 1.807) is 12.1 Å². The Bertz CT molecular complexity index is 1080. The number of nitrogens with zero attached hydrogens (tertiary/aromatic N) is 2. The highest BCUT2D eigenvalue weighted by Gasteiger charge is 2.34. The van der Waals surface area contributed by atoms with Crippen LogP contribution in [0.1, 0.15) is 48.8 Å². The lowest BCUT2D eigenvalue weighted by Gasteiger charge is -2.38. The first kappa shape index (κ1) is 21.8. The monoisotopic (exact) mass is 460 g/mol. The van der Waals surface area contributed by atoms with Gasteiger partial charge in [0.05, 0.1) is 11.9 Å². The fraction of sp³-hybridized carbons (Fsp3) is 0.333. The van der Waals surface area contributed by atoms with E-state index < -0.39 is 0 Å². The third kappa shape index (κ3) is 4.86. The van der Waals surface area contributed by atoms with E-state index in [0.717, 1.165) is 44.0 Å². The number of halogens is 1. The molecule has 170 valence electrons. The van der Waals surface area contributed by atoms with Crippen molar-refractivity contribution in [2.45, 2.75) is 50.6 Å². The van der Waals surface area contributed by atoms with Crippen molar-refractivity contribution in [1.82, 2.24) is 10.3 Å². The fourth-order valence-corrected chi connectivity index (χ4v) is 5.36. The highest BCUT2D eigenvalue weighted by Crippen LogP contribution is 2.39. The first-order valence-electron chi connectivity index (χ1n) is 11.7. The predicted molar refractivity (Wildman–Crippen MR) is 136 cm³/mol. The molecular formula is C27H29FN4S. The Morgan fingerprint density at radius 3 is 2.27 bits per heavy atom. The maximum Gasteiger partial charge on any atom is 0.170 e. The normalized spacial score (nSPS) is 16.8. The molecule has 3 aromatic rings. The van der Waals surface area contributed by atoms with Crippen LogP contribution in [0.2, 0.25) is 0 Å². The molecule has 2 heterocycles. The van der Waals surface area contributed by atoms with E-state index in [4.69, 9.17) is 12.2 Å². The van der Waals surface area contributed by atoms with Gasteiger partial charge in [0, 0.05) is 25.0 Å². The highest BCUT2D eigenvalue weighted by atomic mass is 32.1. The molecule has 2 N–H and O–H groups in total. The standard InChI is InChI=1S/C27H29FN4S/c28-23-10-8-22(9-11-23)27(14-4-1-5-15-27)19-30-26(33)31-24-12-13-25(29-16-24)32-17-20-6-2-3-7-21(20)18-32/h2-3,6-13,16H,1,4-5,14-15,17-19H2,(H2,30,31,33). The van der Waals surface area contributed by atoms with Crippen molar-refractivity contribution in [3.8, 4) is 0 Å². The number of nitrogens with one attached hydrogen (secondary N) is 2. The Balaban J connectivity index is 1.19. The molecular weight excluding hydrogens is 431 g/mol. The van der Waals surface area contributed by atoms with E-state index in [0.29, 0.717) is 5.11 Å². The van der Waals surface area contributed by atoms with Crippen molar-refractivity contribution in [3.05, 3.63) is 89.4 Å². The zero-order valence-electron chi connectivity index (χ0n) is 18.7. The predicted octanol–water partition coefficient (Wildman–Crippen LogP) is 5.93. The van der Waals surface area contributed by atoms with E-state index in [9.17, 15) is 4.39 Å². The van der Waals surface area contributed by atoms with Gasteiger partial charge in [-0.2, -0.15) is 0 Å². The second-order valence-electron chi connectivity index (χ2n) is 9.19. The molecule has 2 aliphatic rings. The van der Waals surface area contributed by atoms with Crippen LogP contribution in [0, 0.1) is 5.82 Å². The molecule has 5 rings (SSSR count). The number of pyridine rings is 1. The molecule has 4 nitrogen and oxygen atoms in total. The van der Waals surface area contributed by atoms with Crippen LogP contribution in [0.5, 0.6) is 0 Å². The summed E-state index contributed by atoms with van der Waals surface area (Å²) in [6.45, 7) is 2.52. The SMILES string of the molecule is Fc1ccc(C2(CNC(=S)Nc3ccc(N4Cc5ccccc5C4)nc3)CCCCC2)cc1. The molecule has 0 unspecified atom stereocenters. The summed E-state index contributed by atoms with van der Waals surface area (Å²) in [6, 6.07) is 19.6. The van der Waals surface area contributed by atoms with Gasteiger partial charge in [-0.3, -0.25) is 0 Å². The van der Waals surface area contributed by atoms with Crippen molar-refractivity contribution in [3.63, 3.8) is 0 Å². The summed E-state index contributed by atoms with van der Waals surface area (Å²) in [7, 11) is 0. The first-order valence-corrected chi connectivity index (χ1v) is 12.1. The van der Waals surface area contributed by atoms with Gasteiger partial charge in [0.15, 0.2) is 5.11 Å². The molecule has 1 fully saturated rings. The number of hydrogen-bond donors (Lipinski definition) is 2. The molecule has 1 aliphatic carbocycles. The Morgan fingerprint density at radius 2 is 1.64 bits per heavy atom. The molecule has 0 radical (unpaired) electrons. The lowest BCUT2D eigenvalue weighted by Crippen LogP contribution is -2.43. The molecule has 0 spiro atoms. The van der Waals surface area contributed by atoms with Crippen molar-refractivity contribution in [2.24, 2.45) is 0 Å². The van der Waals surface area contributed by atoms with E-state index in [1.165, 1.54) is 36.0 Å². The van der Waals surface area contributed by atoms with Crippen LogP contribution in [0.3, 0.4) is 0 Å². The van der Waals surface area contributed by atoms with E-state index in [1.807, 2.05) is 30.5 Å². The molecule has 0 amide bonds. The van der Waals surface area contributed by atoms with E-state index >= 15 is 0 Å². The smallest absolute Gasteiger partial charge is 0.170 e. The van der Waals surface area contributed by atoms with Gasteiger partial charge in [-0.25, -0.2) is 9.37 Å². The van der Waals surface area contributed by atoms with Crippen LogP contribution in [-0.2, 0) is 18.5 Å². The topological polar surface area (TPSA) is 40.2 Å². The Morgan fingerprint density at radius 1 is 0.939 bits per heavy atom. The zero-order chi connectivity index (χ0) is 22.7. The van der Waals surface area contributed by atoms with Gasteiger partial charge in [-0.05, 0) is 66.0 Å². The molecule has 2 aromatic carbocycles. The molecule has 0 atom stereocenters. The van der Waals surface area contributed by atoms with Crippen LogP contribution >= 0.6 is 12.2 Å². The molecule has 1 aliphatic heterocycles. The molecule has 0 bridgehead atoms. The lowest BCUT2D eigenvalue weighted by molar-refractivity contribution is 0.292. The summed E-state index contributed by atoms with van der Waals surface area (Å²) in [4.78, 5) is 6.94. The second-order valence-corrected chi connectivity index (χ2v) is 9.59. The van der Waals surface area contributed by atoms with Crippen LogP contribution in [0.15, 0.2) is 66.9 Å². The number of anilines is 2. The summed E-state index contributed by atoms with van der Waals surface area (Å²) >= 11 is 5.59. The van der Waals surface area contributed by atoms with Gasteiger partial charge in [-0.1, -0.05) is 55.7 Å². The van der Waals surface area contributed by atoms with Crippen LogP contribution in [0.25, 0.3) is 0 Å². The Labute approximate surface area is 200 Å². The summed E-state index contributed by atoms with van der Waals surface area (Å²) in [6.07, 6.45) is 7.63. The van der Waals surface area contributed by atoms with Gasteiger partial charge in [0.25, 0.3) is 0 Å². The number of hydrogen-bond acceptors (Lipinski definition) is 3. The largest absolute Gasteiger partial charge is 0.362 e. The summed E-state index contributed by atoms with van der Waals surface area (Å²) in [5.41, 5.74) is 4.78. The zero-order valence-corrected chi connectivity index (χ0v) is 19.5. The van der Waals surface area contributed by atoms with Crippen molar-refractivity contribution < 1.29 is 4.39 Å². The second kappa shape index (κ2) is 9.48. The molecule has 33 heavy (non-hydrogen) atoms. The molecule has 1 aromatic heterocycles. The van der Waals surface area contributed by atoms with E-state index in [-0.39, 0.29) is 11.2 Å². The molecule has 6 heteroatoms. The number of benzene rings is 2. The molecule has 1 saturated carbocycles. The van der Waals surface area contributed by atoms with Crippen molar-refractivity contribution in [2.75, 3.05) is 16.8 Å². The third-order valence-electron chi connectivity index (χ3n) is 7.03. The maximum absolute atomic E-state index is 13.5. The minimum Gasteiger partial charge on any atom is -0.362 e. The number of thiocarbonyl (C=S) groups is 1.